The van der Waals surface area contributed by atoms with E-state index in [-0.39, 0.29) is 10.7 Å². The van der Waals surface area contributed by atoms with Crippen LogP contribution in [0.25, 0.3) is 0 Å². The molecule has 0 unspecified atom stereocenters. The van der Waals surface area contributed by atoms with Crippen LogP contribution in [-0.2, 0) is 10.0 Å². The molecule has 7 heteroatoms. The second-order valence-corrected chi connectivity index (χ2v) is 6.49. The number of thiocarbonyl (C=S) groups is 1. The number of sulfonamides is 1. The first-order chi connectivity index (χ1) is 6.98. The smallest absolute Gasteiger partial charge is 0.218 e. The van der Waals surface area contributed by atoms with Crippen molar-refractivity contribution in [1.29, 1.82) is 0 Å². The lowest BCUT2D eigenvalue weighted by atomic mass is 10.2. The summed E-state index contributed by atoms with van der Waals surface area (Å²) in [4.78, 5) is 0.00452. The van der Waals surface area contributed by atoms with E-state index in [2.05, 4.69) is 23.2 Å². The molecule has 0 atom stereocenters. The molecule has 0 aliphatic rings. The molecule has 0 heterocycles. The lowest BCUT2D eigenvalue weighted by Gasteiger charge is -2.05. The Kier molecular flexibility index (Phi) is 8.40. The zero-order chi connectivity index (χ0) is 11.7. The van der Waals surface area contributed by atoms with Crippen molar-refractivity contribution < 1.29 is 8.42 Å². The quantitative estimate of drug-likeness (QED) is 0.477. The van der Waals surface area contributed by atoms with Crippen molar-refractivity contribution in [2.24, 2.45) is 5.73 Å². The largest absolute Gasteiger partial charge is 0.392 e. The van der Waals surface area contributed by atoms with E-state index < -0.39 is 10.0 Å². The van der Waals surface area contributed by atoms with E-state index in [1.54, 1.807) is 11.8 Å². The van der Waals surface area contributed by atoms with Gasteiger partial charge in [0.15, 0.2) is 0 Å². The maximum Gasteiger partial charge on any atom is 0.218 e. The number of rotatable bonds is 9. The Labute approximate surface area is 101 Å². The summed E-state index contributed by atoms with van der Waals surface area (Å²) in [6, 6.07) is 0. The Morgan fingerprint density at radius 1 is 1.40 bits per heavy atom. The number of unbranched alkanes of at least 4 members (excludes halogenated alkanes) is 2. The molecule has 0 amide bonds. The molecule has 0 spiro atoms. The minimum Gasteiger partial charge on any atom is -0.392 e. The van der Waals surface area contributed by atoms with Gasteiger partial charge in [0.2, 0.25) is 10.0 Å². The van der Waals surface area contributed by atoms with Gasteiger partial charge in [0, 0.05) is 6.54 Å². The molecule has 0 aromatic heterocycles. The highest BCUT2D eigenvalue weighted by atomic mass is 32.2. The first kappa shape index (κ1) is 15.2. The van der Waals surface area contributed by atoms with Crippen LogP contribution in [0.3, 0.4) is 0 Å². The molecular formula is C8H18N2O2S3. The third-order valence-corrected chi connectivity index (χ3v) is 4.04. The number of nitrogens with two attached hydrogens (primary N) is 1. The summed E-state index contributed by atoms with van der Waals surface area (Å²) in [6.07, 6.45) is 5.08. The Hall–Kier alpha value is 0.150. The average molecular weight is 270 g/mol. The van der Waals surface area contributed by atoms with Crippen LogP contribution in [-0.4, -0.2) is 37.7 Å². The summed E-state index contributed by atoms with van der Waals surface area (Å²) >= 11 is 6.34. The Morgan fingerprint density at radius 3 is 2.60 bits per heavy atom. The first-order valence-electron chi connectivity index (χ1n) is 4.72. The van der Waals surface area contributed by atoms with Crippen molar-refractivity contribution in [3.63, 3.8) is 0 Å². The van der Waals surface area contributed by atoms with Gasteiger partial charge in [-0.15, -0.1) is 0 Å². The summed E-state index contributed by atoms with van der Waals surface area (Å²) in [6.45, 7) is 0.472. The second kappa shape index (κ2) is 8.32. The van der Waals surface area contributed by atoms with E-state index in [4.69, 9.17) is 5.73 Å². The number of hydrogen-bond donors (Lipinski definition) is 2. The average Bonchev–Trinajstić information content (AvgIpc) is 2.08. The topological polar surface area (TPSA) is 72.2 Å². The van der Waals surface area contributed by atoms with Gasteiger partial charge in [-0.05, 0) is 24.9 Å². The predicted molar refractivity (Wildman–Crippen MR) is 70.8 cm³/mol. The van der Waals surface area contributed by atoms with Crippen LogP contribution in [0.2, 0.25) is 0 Å². The van der Waals surface area contributed by atoms with E-state index in [1.165, 1.54) is 0 Å². The van der Waals surface area contributed by atoms with Crippen LogP contribution >= 0.6 is 24.0 Å². The fourth-order valence-electron chi connectivity index (χ4n) is 1.01. The fraction of sp³-hybridized carbons (Fsp3) is 0.875. The zero-order valence-electron chi connectivity index (χ0n) is 8.86. The molecular weight excluding hydrogens is 252 g/mol. The van der Waals surface area contributed by atoms with Gasteiger partial charge in [-0.1, -0.05) is 18.6 Å². The minimum absolute atomic E-state index is 0.00452. The van der Waals surface area contributed by atoms with Gasteiger partial charge >= 0.3 is 0 Å². The van der Waals surface area contributed by atoms with Crippen molar-refractivity contribution in [3.8, 4) is 0 Å². The molecule has 0 aliphatic heterocycles. The molecule has 4 nitrogen and oxygen atoms in total. The van der Waals surface area contributed by atoms with E-state index in [9.17, 15) is 8.42 Å². The molecule has 0 rings (SSSR count). The van der Waals surface area contributed by atoms with E-state index in [0.29, 0.717) is 6.54 Å². The number of thioether (sulfide) groups is 1. The second-order valence-electron chi connectivity index (χ2n) is 3.17. The van der Waals surface area contributed by atoms with Crippen molar-refractivity contribution in [2.45, 2.75) is 19.3 Å². The number of hydrogen-bond acceptors (Lipinski definition) is 4. The monoisotopic (exact) mass is 270 g/mol. The molecule has 0 radical (unpaired) electrons. The van der Waals surface area contributed by atoms with Crippen molar-refractivity contribution in [3.05, 3.63) is 0 Å². The van der Waals surface area contributed by atoms with Crippen LogP contribution in [0.5, 0.6) is 0 Å². The third-order valence-electron chi connectivity index (χ3n) is 1.68. The summed E-state index contributed by atoms with van der Waals surface area (Å²) in [5, 5.41) is 0. The van der Waals surface area contributed by atoms with Gasteiger partial charge in [-0.2, -0.15) is 11.8 Å². The normalized spacial score (nSPS) is 11.5. The van der Waals surface area contributed by atoms with Crippen LogP contribution in [0, 0.1) is 0 Å². The maximum atomic E-state index is 11.2. The molecule has 0 saturated heterocycles. The Bertz CT molecular complexity index is 278. The Morgan fingerprint density at radius 2 is 2.07 bits per heavy atom. The molecule has 0 aromatic rings. The van der Waals surface area contributed by atoms with E-state index in [0.717, 1.165) is 25.0 Å². The van der Waals surface area contributed by atoms with E-state index >= 15 is 0 Å². The maximum absolute atomic E-state index is 11.2. The van der Waals surface area contributed by atoms with Gasteiger partial charge in [0.05, 0.1) is 4.99 Å². The van der Waals surface area contributed by atoms with Gasteiger partial charge in [0.1, 0.15) is 5.75 Å². The summed E-state index contributed by atoms with van der Waals surface area (Å²) in [5.41, 5.74) is 5.16. The zero-order valence-corrected chi connectivity index (χ0v) is 11.3. The highest BCUT2D eigenvalue weighted by Crippen LogP contribution is 2.01. The van der Waals surface area contributed by atoms with Crippen LogP contribution in [0.1, 0.15) is 19.3 Å². The van der Waals surface area contributed by atoms with Crippen molar-refractivity contribution >= 4 is 39.0 Å². The van der Waals surface area contributed by atoms with Gasteiger partial charge in [-0.3, -0.25) is 0 Å². The Balaban J connectivity index is 3.54. The first-order valence-corrected chi connectivity index (χ1v) is 8.18. The molecule has 0 aliphatic carbocycles. The highest BCUT2D eigenvalue weighted by Gasteiger charge is 2.10. The van der Waals surface area contributed by atoms with Gasteiger partial charge in [-0.25, -0.2) is 13.1 Å². The van der Waals surface area contributed by atoms with Crippen LogP contribution in [0.4, 0.5) is 0 Å². The molecule has 0 bridgehead atoms. The van der Waals surface area contributed by atoms with Crippen LogP contribution < -0.4 is 10.5 Å². The lowest BCUT2D eigenvalue weighted by molar-refractivity contribution is 0.580. The molecule has 90 valence electrons. The third kappa shape index (κ3) is 10.4. The van der Waals surface area contributed by atoms with Crippen LogP contribution in [0.15, 0.2) is 0 Å². The molecule has 3 N–H and O–H groups in total. The SMILES string of the molecule is CSCCCCCNS(=O)(=O)CC(N)=S. The number of nitrogens with one attached hydrogen (secondary N) is 1. The highest BCUT2D eigenvalue weighted by molar-refractivity contribution is 7.98. The molecule has 0 fully saturated rings. The van der Waals surface area contributed by atoms with E-state index in [1.807, 2.05) is 0 Å². The van der Waals surface area contributed by atoms with Crippen molar-refractivity contribution in [1.82, 2.24) is 4.72 Å². The summed E-state index contributed by atoms with van der Waals surface area (Å²) < 4.78 is 25.0. The van der Waals surface area contributed by atoms with Gasteiger partial charge < -0.3 is 5.73 Å². The predicted octanol–water partition coefficient (Wildman–Crippen LogP) is 0.725. The summed E-state index contributed by atoms with van der Waals surface area (Å²) in [7, 11) is -3.29. The van der Waals surface area contributed by atoms with Gasteiger partial charge in [0.25, 0.3) is 0 Å². The van der Waals surface area contributed by atoms with Crippen molar-refractivity contribution in [2.75, 3.05) is 24.3 Å². The molecule has 0 aromatic carbocycles. The molecule has 0 saturated carbocycles. The fourth-order valence-corrected chi connectivity index (χ4v) is 2.90. The lowest BCUT2D eigenvalue weighted by Crippen LogP contribution is -2.32. The molecule has 15 heavy (non-hydrogen) atoms. The minimum atomic E-state index is -3.29. The standard InChI is InChI=1S/C8H18N2O2S3/c1-14-6-4-2-3-5-10-15(11,12)7-8(9)13/h10H,2-7H2,1H3,(H2,9,13). The summed E-state index contributed by atoms with van der Waals surface area (Å²) in [5.74, 6) is 0.868.